The van der Waals surface area contributed by atoms with Crippen LogP contribution >= 0.6 is 22.7 Å². The maximum Gasteiger partial charge on any atom is 0.160 e. The van der Waals surface area contributed by atoms with Crippen molar-refractivity contribution in [3.63, 3.8) is 0 Å². The van der Waals surface area contributed by atoms with E-state index in [1.165, 1.54) is 67.6 Å². The van der Waals surface area contributed by atoms with Crippen LogP contribution in [0.4, 0.5) is 0 Å². The maximum atomic E-state index is 5.21. The van der Waals surface area contributed by atoms with Crippen LogP contribution in [0.2, 0.25) is 0 Å². The summed E-state index contributed by atoms with van der Waals surface area (Å²) in [5, 5.41) is 8.74. The first-order chi connectivity index (χ1) is 28.7. The third-order valence-corrected chi connectivity index (χ3v) is 13.6. The molecule has 0 saturated heterocycles. The Bertz CT molecular complexity index is 3550. The topological polar surface area (TPSA) is 38.7 Å². The van der Waals surface area contributed by atoms with Gasteiger partial charge in [-0.05, 0) is 41.5 Å². The van der Waals surface area contributed by atoms with E-state index < -0.39 is 0 Å². The molecule has 0 spiro atoms. The third-order valence-electron chi connectivity index (χ3n) is 11.3. The molecule has 270 valence electrons. The normalized spacial score (nSPS) is 11.8. The zero-order chi connectivity index (χ0) is 38.2. The summed E-state index contributed by atoms with van der Waals surface area (Å²) < 4.78 is 5.09. The van der Waals surface area contributed by atoms with Crippen LogP contribution in [0.25, 0.3) is 118 Å². The second-order valence-electron chi connectivity index (χ2n) is 14.7. The van der Waals surface area contributed by atoms with E-state index in [4.69, 9.17) is 15.0 Å². The molecular weight excluding hydrogens is 743 g/mol. The van der Waals surface area contributed by atoms with Crippen LogP contribution in [0.15, 0.2) is 188 Å². The van der Waals surface area contributed by atoms with Crippen LogP contribution in [0.3, 0.4) is 0 Å². The van der Waals surface area contributed by atoms with Gasteiger partial charge in [-0.15, -0.1) is 22.7 Å². The van der Waals surface area contributed by atoms with E-state index in [0.717, 1.165) is 50.7 Å². The van der Waals surface area contributed by atoms with Crippen LogP contribution in [-0.2, 0) is 0 Å². The minimum Gasteiger partial charge on any atom is -0.247 e. The largest absolute Gasteiger partial charge is 0.247 e. The molecule has 12 aromatic rings. The molecule has 0 unspecified atom stereocenters. The molecule has 12 rings (SSSR count). The van der Waals surface area contributed by atoms with E-state index in [1.807, 2.05) is 28.7 Å². The van der Waals surface area contributed by atoms with Crippen LogP contribution in [-0.4, -0.2) is 15.0 Å². The minimum absolute atomic E-state index is 0.722. The molecular formula is C53H31N3S2. The lowest BCUT2D eigenvalue weighted by molar-refractivity contribution is 1.18. The van der Waals surface area contributed by atoms with Gasteiger partial charge in [0.15, 0.2) is 5.82 Å². The van der Waals surface area contributed by atoms with Gasteiger partial charge in [0.2, 0.25) is 0 Å². The SMILES string of the molecule is c1ccc(-c2cc(-c3ccc(-c4cccc5c4sc4ccc6c(-c7ccccc7)nc7ccccc7c6c45)cc3)nc(-c3ccc4c(c3)sc3ccccc34)n2)cc1. The Kier molecular flexibility index (Phi) is 7.58. The number of hydrogen-bond donors (Lipinski definition) is 0. The summed E-state index contributed by atoms with van der Waals surface area (Å²) in [7, 11) is 0. The van der Waals surface area contributed by atoms with Crippen LogP contribution in [0.1, 0.15) is 0 Å². The predicted octanol–water partition coefficient (Wildman–Crippen LogP) is 15.2. The number of pyridine rings is 1. The fraction of sp³-hybridized carbons (Fsp3) is 0. The number of hydrogen-bond acceptors (Lipinski definition) is 5. The summed E-state index contributed by atoms with van der Waals surface area (Å²) in [6, 6.07) is 67.1. The van der Waals surface area contributed by atoms with Crippen LogP contribution in [0.5, 0.6) is 0 Å². The molecule has 3 nitrogen and oxygen atoms in total. The van der Waals surface area contributed by atoms with Crippen molar-refractivity contribution in [3.05, 3.63) is 188 Å². The Balaban J connectivity index is 0.988. The van der Waals surface area contributed by atoms with Gasteiger partial charge >= 0.3 is 0 Å². The molecule has 0 aliphatic rings. The van der Waals surface area contributed by atoms with Gasteiger partial charge in [0.25, 0.3) is 0 Å². The van der Waals surface area contributed by atoms with Crippen molar-refractivity contribution < 1.29 is 0 Å². The fourth-order valence-electron chi connectivity index (χ4n) is 8.54. The molecule has 0 bridgehead atoms. The summed E-state index contributed by atoms with van der Waals surface area (Å²) in [6.45, 7) is 0. The third kappa shape index (κ3) is 5.36. The highest BCUT2D eigenvalue weighted by atomic mass is 32.1. The lowest BCUT2D eigenvalue weighted by Gasteiger charge is -2.12. The first kappa shape index (κ1) is 33.1. The molecule has 0 amide bonds. The molecule has 8 aromatic carbocycles. The number of thiophene rings is 2. The Hall–Kier alpha value is -7.05. The summed E-state index contributed by atoms with van der Waals surface area (Å²) in [6.07, 6.45) is 0. The average molecular weight is 774 g/mol. The van der Waals surface area contributed by atoms with Gasteiger partial charge in [-0.3, -0.25) is 0 Å². The molecule has 4 aromatic heterocycles. The Morgan fingerprint density at radius 1 is 0.328 bits per heavy atom. The van der Waals surface area contributed by atoms with Gasteiger partial charge in [0.05, 0.1) is 22.6 Å². The molecule has 0 fully saturated rings. The standard InChI is InChI=1S/C53H31N3S2/c1-3-12-33(13-4-1)44-31-45(56-53(55-44)36-26-27-39-38-16-8-10-21-46(38)57-48(39)30-36)34-24-22-32(23-25-34)37-18-11-19-42-50-47(58-52(37)42)29-28-41-49(50)40-17-7-9-20-43(40)54-51(41)35-14-5-2-6-15-35/h1-31H. The number of nitrogens with zero attached hydrogens (tertiary/aromatic N) is 3. The van der Waals surface area contributed by atoms with E-state index in [0.29, 0.717) is 0 Å². The average Bonchev–Trinajstić information content (AvgIpc) is 3.87. The lowest BCUT2D eigenvalue weighted by Crippen LogP contribution is -1.96. The molecule has 5 heteroatoms. The molecule has 0 N–H and O–H groups in total. The molecule has 4 heterocycles. The Morgan fingerprint density at radius 2 is 0.948 bits per heavy atom. The van der Waals surface area contributed by atoms with Crippen LogP contribution in [0, 0.1) is 0 Å². The van der Waals surface area contributed by atoms with Crippen molar-refractivity contribution in [1.29, 1.82) is 0 Å². The number of benzene rings is 8. The Morgan fingerprint density at radius 3 is 1.76 bits per heavy atom. The number of fused-ring (bicyclic) bond motifs is 10. The fourth-order valence-corrected chi connectivity index (χ4v) is 10.9. The first-order valence-corrected chi connectivity index (χ1v) is 21.1. The second kappa shape index (κ2) is 13.3. The van der Waals surface area contributed by atoms with Crippen molar-refractivity contribution in [2.24, 2.45) is 0 Å². The van der Waals surface area contributed by atoms with Crippen molar-refractivity contribution >= 4 is 84.7 Å². The van der Waals surface area contributed by atoms with Gasteiger partial charge in [0.1, 0.15) is 0 Å². The zero-order valence-electron chi connectivity index (χ0n) is 31.1. The van der Waals surface area contributed by atoms with Crippen molar-refractivity contribution in [2.45, 2.75) is 0 Å². The quantitative estimate of drug-likeness (QED) is 0.164. The van der Waals surface area contributed by atoms with Crippen LogP contribution < -0.4 is 0 Å². The van der Waals surface area contributed by atoms with Gasteiger partial charge < -0.3 is 0 Å². The summed E-state index contributed by atoms with van der Waals surface area (Å²) in [4.78, 5) is 15.6. The Labute approximate surface area is 342 Å². The van der Waals surface area contributed by atoms with E-state index in [1.54, 1.807) is 0 Å². The highest BCUT2D eigenvalue weighted by Gasteiger charge is 2.19. The van der Waals surface area contributed by atoms with Gasteiger partial charge in [0, 0.05) is 78.8 Å². The monoisotopic (exact) mass is 773 g/mol. The van der Waals surface area contributed by atoms with E-state index in [2.05, 4.69) is 182 Å². The molecule has 0 saturated carbocycles. The highest BCUT2D eigenvalue weighted by Crippen LogP contribution is 2.46. The van der Waals surface area contributed by atoms with E-state index in [-0.39, 0.29) is 0 Å². The predicted molar refractivity (Wildman–Crippen MR) is 248 cm³/mol. The maximum absolute atomic E-state index is 5.21. The second-order valence-corrected chi connectivity index (χ2v) is 16.8. The zero-order valence-corrected chi connectivity index (χ0v) is 32.7. The van der Waals surface area contributed by atoms with Gasteiger partial charge in [-0.25, -0.2) is 15.0 Å². The van der Waals surface area contributed by atoms with Gasteiger partial charge in [-0.1, -0.05) is 158 Å². The smallest absolute Gasteiger partial charge is 0.160 e. The highest BCUT2D eigenvalue weighted by molar-refractivity contribution is 7.26. The summed E-state index contributed by atoms with van der Waals surface area (Å²) >= 11 is 3.69. The van der Waals surface area contributed by atoms with E-state index >= 15 is 0 Å². The molecule has 0 aliphatic carbocycles. The lowest BCUT2D eigenvalue weighted by atomic mass is 9.95. The summed E-state index contributed by atoms with van der Waals surface area (Å²) in [5.41, 5.74) is 10.5. The first-order valence-electron chi connectivity index (χ1n) is 19.4. The summed E-state index contributed by atoms with van der Waals surface area (Å²) in [5.74, 6) is 0.722. The molecule has 0 atom stereocenters. The molecule has 58 heavy (non-hydrogen) atoms. The van der Waals surface area contributed by atoms with Crippen molar-refractivity contribution in [2.75, 3.05) is 0 Å². The van der Waals surface area contributed by atoms with Crippen molar-refractivity contribution in [1.82, 2.24) is 15.0 Å². The molecule has 0 aliphatic heterocycles. The van der Waals surface area contributed by atoms with Crippen molar-refractivity contribution in [3.8, 4) is 56.3 Å². The van der Waals surface area contributed by atoms with Gasteiger partial charge in [-0.2, -0.15) is 0 Å². The number of para-hydroxylation sites is 1. The minimum atomic E-state index is 0.722. The van der Waals surface area contributed by atoms with E-state index in [9.17, 15) is 0 Å². The number of aromatic nitrogens is 3. The number of rotatable bonds is 5. The molecule has 0 radical (unpaired) electrons.